The van der Waals surface area contributed by atoms with Crippen molar-refractivity contribution in [1.29, 1.82) is 0 Å². The van der Waals surface area contributed by atoms with Gasteiger partial charge in [-0.25, -0.2) is 4.98 Å². The number of nitrogens with two attached hydrogens (primary N) is 1. The van der Waals surface area contributed by atoms with Gasteiger partial charge < -0.3 is 15.0 Å². The Kier molecular flexibility index (Phi) is 3.85. The summed E-state index contributed by atoms with van der Waals surface area (Å²) < 4.78 is 7.20. The minimum atomic E-state index is -0.589. The Bertz CT molecular complexity index is 796. The minimum Gasteiger partial charge on any atom is -0.501 e. The Hall–Kier alpha value is -1.98. The quantitative estimate of drug-likeness (QED) is 0.873. The van der Waals surface area contributed by atoms with Crippen LogP contribution in [0, 0.1) is 0 Å². The highest BCUT2D eigenvalue weighted by Crippen LogP contribution is 2.40. The molecule has 2 aromatic heterocycles. The molecule has 0 aliphatic carbocycles. The average molecular weight is 338 g/mol. The summed E-state index contributed by atoms with van der Waals surface area (Å²) >= 11 is 12.6. The molecule has 2 N–H and O–H groups in total. The smallest absolute Gasteiger partial charge is 0.252 e. The molecule has 3 heterocycles. The summed E-state index contributed by atoms with van der Waals surface area (Å²) in [5, 5.41) is 0.605. The number of nitrogens with zero attached hydrogens (tertiary/aromatic N) is 2. The number of pyridine rings is 1. The fourth-order valence-electron chi connectivity index (χ4n) is 2.66. The SMILES string of the molecule is COC1=Cc2c(C(N)=O)c(Cl)c(-c3cccnc3Cl)n2CC1. The van der Waals surface area contributed by atoms with Gasteiger partial charge in [0.05, 0.1) is 34.8 Å². The number of allylic oxidation sites excluding steroid dienone is 1. The van der Waals surface area contributed by atoms with Crippen LogP contribution in [0.3, 0.4) is 0 Å². The Morgan fingerprint density at radius 2 is 2.23 bits per heavy atom. The molecule has 0 aromatic carbocycles. The normalized spacial score (nSPS) is 13.5. The maximum absolute atomic E-state index is 11.8. The molecular weight excluding hydrogens is 325 g/mol. The van der Waals surface area contributed by atoms with Gasteiger partial charge in [-0.05, 0) is 12.1 Å². The second-order valence-electron chi connectivity index (χ2n) is 4.85. The number of hydrogen-bond acceptors (Lipinski definition) is 3. The van der Waals surface area contributed by atoms with Crippen LogP contribution in [0.25, 0.3) is 17.3 Å². The van der Waals surface area contributed by atoms with E-state index in [2.05, 4.69) is 4.98 Å². The zero-order valence-corrected chi connectivity index (χ0v) is 13.3. The van der Waals surface area contributed by atoms with Crippen LogP contribution in [0.1, 0.15) is 22.5 Å². The van der Waals surface area contributed by atoms with Crippen molar-refractivity contribution in [2.24, 2.45) is 5.73 Å². The van der Waals surface area contributed by atoms with Crippen molar-refractivity contribution in [3.63, 3.8) is 0 Å². The second-order valence-corrected chi connectivity index (χ2v) is 5.58. The number of aromatic nitrogens is 2. The van der Waals surface area contributed by atoms with Crippen molar-refractivity contribution in [3.8, 4) is 11.3 Å². The first kappa shape index (κ1) is 14.9. The summed E-state index contributed by atoms with van der Waals surface area (Å²) in [7, 11) is 1.59. The van der Waals surface area contributed by atoms with Crippen LogP contribution in [-0.4, -0.2) is 22.6 Å². The van der Waals surface area contributed by atoms with E-state index >= 15 is 0 Å². The number of amides is 1. The van der Waals surface area contributed by atoms with Crippen LogP contribution in [-0.2, 0) is 11.3 Å². The van der Waals surface area contributed by atoms with Gasteiger partial charge in [-0.3, -0.25) is 4.79 Å². The fourth-order valence-corrected chi connectivity index (χ4v) is 3.26. The Morgan fingerprint density at radius 3 is 2.86 bits per heavy atom. The third kappa shape index (κ3) is 2.26. The number of halogens is 2. The van der Waals surface area contributed by atoms with Gasteiger partial charge in [-0.1, -0.05) is 23.2 Å². The van der Waals surface area contributed by atoms with Gasteiger partial charge in [0.2, 0.25) is 0 Å². The van der Waals surface area contributed by atoms with Gasteiger partial charge >= 0.3 is 0 Å². The molecule has 0 unspecified atom stereocenters. The Balaban J connectivity index is 2.32. The number of ether oxygens (including phenoxy) is 1. The predicted molar refractivity (Wildman–Crippen MR) is 85.8 cm³/mol. The van der Waals surface area contributed by atoms with E-state index in [1.807, 2.05) is 10.6 Å². The lowest BCUT2D eigenvalue weighted by atomic mass is 10.1. The zero-order chi connectivity index (χ0) is 15.9. The molecule has 1 aliphatic heterocycles. The molecule has 3 rings (SSSR count). The number of fused-ring (bicyclic) bond motifs is 1. The molecule has 1 aliphatic rings. The topological polar surface area (TPSA) is 70.1 Å². The van der Waals surface area contributed by atoms with Crippen molar-refractivity contribution in [2.45, 2.75) is 13.0 Å². The van der Waals surface area contributed by atoms with Gasteiger partial charge in [-0.15, -0.1) is 0 Å². The van der Waals surface area contributed by atoms with E-state index in [9.17, 15) is 4.79 Å². The van der Waals surface area contributed by atoms with Crippen molar-refractivity contribution in [3.05, 3.63) is 45.5 Å². The lowest BCUT2D eigenvalue weighted by molar-refractivity contribution is 0.1000. The highest BCUT2D eigenvalue weighted by atomic mass is 35.5. The summed E-state index contributed by atoms with van der Waals surface area (Å²) in [5.74, 6) is 0.182. The van der Waals surface area contributed by atoms with E-state index in [1.165, 1.54) is 0 Å². The largest absolute Gasteiger partial charge is 0.501 e. The molecular formula is C15H13Cl2N3O2. The van der Waals surface area contributed by atoms with Gasteiger partial charge in [-0.2, -0.15) is 0 Å². The highest BCUT2D eigenvalue weighted by Gasteiger charge is 2.28. The second kappa shape index (κ2) is 5.66. The van der Waals surface area contributed by atoms with E-state index in [0.717, 1.165) is 5.76 Å². The predicted octanol–water partition coefficient (Wildman–Crippen LogP) is 3.35. The number of rotatable bonds is 3. The van der Waals surface area contributed by atoms with E-state index in [-0.39, 0.29) is 10.6 Å². The first-order valence-electron chi connectivity index (χ1n) is 6.61. The zero-order valence-electron chi connectivity index (χ0n) is 11.8. The van der Waals surface area contributed by atoms with Crippen LogP contribution in [0.5, 0.6) is 0 Å². The van der Waals surface area contributed by atoms with E-state index in [1.54, 1.807) is 25.4 Å². The van der Waals surface area contributed by atoms with Crippen LogP contribution >= 0.6 is 23.2 Å². The standard InChI is InChI=1S/C15H13Cl2N3O2/c1-22-8-4-6-20-10(7-8)11(15(18)21)12(16)13(20)9-3-2-5-19-14(9)17/h2-3,5,7H,4,6H2,1H3,(H2,18,21). The van der Waals surface area contributed by atoms with Crippen LogP contribution in [0.4, 0.5) is 0 Å². The number of carbonyl (C=O) groups is 1. The molecule has 0 fully saturated rings. The maximum Gasteiger partial charge on any atom is 0.252 e. The Labute approximate surface area is 137 Å². The minimum absolute atomic E-state index is 0.269. The first-order chi connectivity index (χ1) is 10.5. The summed E-state index contributed by atoms with van der Waals surface area (Å²) in [6.45, 7) is 0.614. The third-order valence-corrected chi connectivity index (χ3v) is 4.32. The highest BCUT2D eigenvalue weighted by molar-refractivity contribution is 6.38. The third-order valence-electron chi connectivity index (χ3n) is 3.65. The monoisotopic (exact) mass is 337 g/mol. The van der Waals surface area contributed by atoms with Crippen LogP contribution in [0.15, 0.2) is 24.1 Å². The average Bonchev–Trinajstić information content (AvgIpc) is 2.79. The molecule has 0 spiro atoms. The number of methoxy groups -OCH3 is 1. The van der Waals surface area contributed by atoms with Crippen molar-refractivity contribution < 1.29 is 9.53 Å². The molecule has 0 saturated carbocycles. The van der Waals surface area contributed by atoms with Gasteiger partial charge in [0, 0.05) is 30.8 Å². The number of hydrogen-bond donors (Lipinski definition) is 1. The summed E-state index contributed by atoms with van der Waals surface area (Å²) in [4.78, 5) is 15.9. The molecule has 5 nitrogen and oxygen atoms in total. The van der Waals surface area contributed by atoms with E-state index < -0.39 is 5.91 Å². The van der Waals surface area contributed by atoms with E-state index in [4.69, 9.17) is 33.7 Å². The van der Waals surface area contributed by atoms with Crippen molar-refractivity contribution >= 4 is 35.2 Å². The molecule has 2 aromatic rings. The van der Waals surface area contributed by atoms with Crippen molar-refractivity contribution in [1.82, 2.24) is 9.55 Å². The molecule has 0 bridgehead atoms. The van der Waals surface area contributed by atoms with Gasteiger partial charge in [0.25, 0.3) is 5.91 Å². The van der Waals surface area contributed by atoms with Crippen molar-refractivity contribution in [2.75, 3.05) is 7.11 Å². The molecule has 1 amide bonds. The first-order valence-corrected chi connectivity index (χ1v) is 7.37. The lowest BCUT2D eigenvalue weighted by Crippen LogP contribution is -2.15. The van der Waals surface area contributed by atoms with Gasteiger partial charge in [0.15, 0.2) is 0 Å². The number of carbonyl (C=O) groups excluding carboxylic acids is 1. The summed E-state index contributed by atoms with van der Waals surface area (Å²) in [6.07, 6.45) is 4.07. The molecule has 0 radical (unpaired) electrons. The van der Waals surface area contributed by atoms with E-state index in [0.29, 0.717) is 35.1 Å². The molecule has 0 saturated heterocycles. The van der Waals surface area contributed by atoms with Gasteiger partial charge in [0.1, 0.15) is 5.15 Å². The lowest BCUT2D eigenvalue weighted by Gasteiger charge is -2.18. The summed E-state index contributed by atoms with van der Waals surface area (Å²) in [5.41, 5.74) is 7.72. The molecule has 0 atom stereocenters. The number of primary amides is 1. The molecule has 7 heteroatoms. The maximum atomic E-state index is 11.8. The molecule has 114 valence electrons. The van der Waals surface area contributed by atoms with Crippen LogP contribution < -0.4 is 5.73 Å². The Morgan fingerprint density at radius 1 is 1.45 bits per heavy atom. The summed E-state index contributed by atoms with van der Waals surface area (Å²) in [6, 6.07) is 3.57. The molecule has 22 heavy (non-hydrogen) atoms. The van der Waals surface area contributed by atoms with Crippen LogP contribution in [0.2, 0.25) is 10.2 Å². The fraction of sp³-hybridized carbons (Fsp3) is 0.200.